The number of carbonyl (C=O) groups excluding carboxylic acids is 5. The van der Waals surface area contributed by atoms with Gasteiger partial charge in [0.15, 0.2) is 5.78 Å². The molecule has 3 aliphatic rings. The Labute approximate surface area is 259 Å². The fourth-order valence-electron chi connectivity index (χ4n) is 7.13. The number of ether oxygens (including phenoxy) is 3. The van der Waals surface area contributed by atoms with E-state index in [1.54, 1.807) is 82.3 Å². The number of anilines is 1. The second kappa shape index (κ2) is 10.9. The van der Waals surface area contributed by atoms with E-state index in [1.165, 1.54) is 6.07 Å². The molecule has 45 heavy (non-hydrogen) atoms. The molecular weight excluding hydrogens is 581 g/mol. The number of nitrogens with zero attached hydrogens (tertiary/aromatic N) is 1. The summed E-state index contributed by atoms with van der Waals surface area (Å²) in [6.07, 6.45) is -2.30. The van der Waals surface area contributed by atoms with Crippen LogP contribution in [-0.4, -0.2) is 47.8 Å². The Balaban J connectivity index is 1.63. The lowest BCUT2D eigenvalue weighted by Gasteiger charge is -2.51. The van der Waals surface area contributed by atoms with Crippen molar-refractivity contribution in [3.63, 3.8) is 0 Å². The molecule has 1 saturated carbocycles. The summed E-state index contributed by atoms with van der Waals surface area (Å²) >= 11 is 0. The van der Waals surface area contributed by atoms with Gasteiger partial charge in [-0.25, -0.2) is 18.9 Å². The van der Waals surface area contributed by atoms with Crippen molar-refractivity contribution in [3.05, 3.63) is 95.3 Å². The number of rotatable bonds is 4. The van der Waals surface area contributed by atoms with Gasteiger partial charge in [0.2, 0.25) is 11.7 Å². The molecule has 0 bridgehead atoms. The molecule has 2 heterocycles. The largest absolute Gasteiger partial charge is 0.488 e. The number of ketones is 2. The molecule has 1 spiro atoms. The van der Waals surface area contributed by atoms with E-state index < -0.39 is 70.2 Å². The summed E-state index contributed by atoms with van der Waals surface area (Å²) in [6.45, 7) is 6.50. The van der Waals surface area contributed by atoms with Gasteiger partial charge in [0.1, 0.15) is 23.3 Å². The van der Waals surface area contributed by atoms with Crippen LogP contribution >= 0.6 is 0 Å². The number of fused-ring (bicyclic) bond motifs is 4. The number of hydrogen-bond acceptors (Lipinski definition) is 8. The smallest absolute Gasteiger partial charge is 0.421 e. The topological polar surface area (TPSA) is 116 Å². The Morgan fingerprint density at radius 2 is 1.69 bits per heavy atom. The van der Waals surface area contributed by atoms with Crippen molar-refractivity contribution < 1.29 is 42.6 Å². The predicted molar refractivity (Wildman–Crippen MR) is 159 cm³/mol. The van der Waals surface area contributed by atoms with Crippen molar-refractivity contribution >= 4 is 35.2 Å². The summed E-state index contributed by atoms with van der Waals surface area (Å²) in [6, 6.07) is 18.9. The molecule has 232 valence electrons. The molecule has 5 atom stereocenters. The molecule has 3 aromatic carbocycles. The molecule has 0 aromatic heterocycles. The Morgan fingerprint density at radius 1 is 1.00 bits per heavy atom. The van der Waals surface area contributed by atoms with Crippen LogP contribution in [-0.2, 0) is 29.3 Å². The van der Waals surface area contributed by atoms with Crippen molar-refractivity contribution in [2.45, 2.75) is 57.2 Å². The lowest BCUT2D eigenvalue weighted by molar-refractivity contribution is -0.160. The molecule has 10 heteroatoms. The third kappa shape index (κ3) is 4.79. The zero-order chi connectivity index (χ0) is 32.3. The van der Waals surface area contributed by atoms with Crippen molar-refractivity contribution in [2.75, 3.05) is 11.5 Å². The summed E-state index contributed by atoms with van der Waals surface area (Å²) < 4.78 is 31.5. The van der Waals surface area contributed by atoms with E-state index in [-0.39, 0.29) is 30.0 Å². The number of amides is 2. The molecule has 2 aliphatic heterocycles. The fraction of sp³-hybridized carbons (Fsp3) is 0.343. The maximum absolute atomic E-state index is 15.0. The highest BCUT2D eigenvalue weighted by Crippen LogP contribution is 2.61. The van der Waals surface area contributed by atoms with Crippen molar-refractivity contribution in [3.8, 4) is 5.75 Å². The number of esters is 1. The van der Waals surface area contributed by atoms with E-state index >= 15 is 0 Å². The number of carbonyl (C=O) groups is 5. The number of hydrogen-bond donors (Lipinski definition) is 0. The average Bonchev–Trinajstić information content (AvgIpc) is 3.24. The summed E-state index contributed by atoms with van der Waals surface area (Å²) in [5, 5.41) is 0. The van der Waals surface area contributed by atoms with Gasteiger partial charge in [0.05, 0.1) is 35.1 Å². The highest BCUT2D eigenvalue weighted by atomic mass is 19.1. The first-order chi connectivity index (χ1) is 21.4. The van der Waals surface area contributed by atoms with E-state index in [2.05, 4.69) is 0 Å². The number of halogens is 1. The molecular formula is C35H32FNO8. The highest BCUT2D eigenvalue weighted by Gasteiger charge is 2.68. The van der Waals surface area contributed by atoms with Gasteiger partial charge in [-0.1, -0.05) is 48.5 Å². The lowest BCUT2D eigenvalue weighted by atomic mass is 9.51. The molecule has 3 aromatic rings. The van der Waals surface area contributed by atoms with Gasteiger partial charge in [0.25, 0.3) is 0 Å². The van der Waals surface area contributed by atoms with Crippen LogP contribution in [0.15, 0.2) is 72.8 Å². The van der Waals surface area contributed by atoms with E-state index in [9.17, 15) is 28.4 Å². The minimum atomic E-state index is -1.70. The second-order valence-electron chi connectivity index (χ2n) is 12.5. The van der Waals surface area contributed by atoms with Crippen LogP contribution < -0.4 is 9.64 Å². The van der Waals surface area contributed by atoms with Gasteiger partial charge < -0.3 is 14.2 Å². The third-order valence-electron chi connectivity index (χ3n) is 8.71. The van der Waals surface area contributed by atoms with Crippen LogP contribution in [0.3, 0.4) is 0 Å². The maximum Gasteiger partial charge on any atom is 0.421 e. The first kappa shape index (κ1) is 30.2. The minimum Gasteiger partial charge on any atom is -0.488 e. The highest BCUT2D eigenvalue weighted by molar-refractivity contribution is 6.35. The van der Waals surface area contributed by atoms with E-state index in [1.807, 2.05) is 0 Å². The Hall–Kier alpha value is -4.86. The van der Waals surface area contributed by atoms with Crippen LogP contribution in [0.5, 0.6) is 5.75 Å². The van der Waals surface area contributed by atoms with Gasteiger partial charge >= 0.3 is 12.1 Å². The standard InChI is InChI=1S/C35H32FNO8/c1-5-43-31(40)29(39)26-27(19-11-7-6-8-12-19)35(18-22-28(38)21-17-20(36)15-16-25(21)44-30(22)26)23-13-9-10-14-24(23)37(32(35)41)33(42)45-34(2,3)4/h6-17,22,26-27,30H,5,18H2,1-4H3/t22-,26+,27-,30-,35-/m0/s1. The Kier molecular flexibility index (Phi) is 7.34. The lowest BCUT2D eigenvalue weighted by Crippen LogP contribution is -2.62. The Bertz CT molecular complexity index is 1730. The zero-order valence-corrected chi connectivity index (χ0v) is 25.2. The number of benzene rings is 3. The average molecular weight is 614 g/mol. The summed E-state index contributed by atoms with van der Waals surface area (Å²) in [7, 11) is 0. The van der Waals surface area contributed by atoms with Gasteiger partial charge in [0, 0.05) is 5.92 Å². The van der Waals surface area contributed by atoms with E-state index in [4.69, 9.17) is 14.2 Å². The number of para-hydroxylation sites is 1. The molecule has 0 radical (unpaired) electrons. The molecule has 6 rings (SSSR count). The van der Waals surface area contributed by atoms with Crippen molar-refractivity contribution in [1.29, 1.82) is 0 Å². The van der Waals surface area contributed by atoms with Crippen LogP contribution in [0.4, 0.5) is 14.9 Å². The first-order valence-corrected chi connectivity index (χ1v) is 14.8. The van der Waals surface area contributed by atoms with Crippen molar-refractivity contribution in [2.24, 2.45) is 11.8 Å². The molecule has 0 N–H and O–H groups in total. The van der Waals surface area contributed by atoms with E-state index in [0.717, 1.165) is 17.0 Å². The second-order valence-corrected chi connectivity index (χ2v) is 12.5. The summed E-state index contributed by atoms with van der Waals surface area (Å²) in [4.78, 5) is 71.2. The summed E-state index contributed by atoms with van der Waals surface area (Å²) in [5.41, 5.74) is -1.51. The molecule has 1 aliphatic carbocycles. The molecule has 0 unspecified atom stereocenters. The van der Waals surface area contributed by atoms with Gasteiger partial charge in [-0.3, -0.25) is 14.4 Å². The minimum absolute atomic E-state index is 0.0328. The Morgan fingerprint density at radius 3 is 2.38 bits per heavy atom. The van der Waals surface area contributed by atoms with E-state index in [0.29, 0.717) is 11.1 Å². The van der Waals surface area contributed by atoms with Gasteiger partial charge in [-0.15, -0.1) is 0 Å². The fourth-order valence-corrected chi connectivity index (χ4v) is 7.13. The molecule has 1 fully saturated rings. The number of imide groups is 1. The van der Waals surface area contributed by atoms with Crippen LogP contribution in [0.1, 0.15) is 61.5 Å². The van der Waals surface area contributed by atoms with Crippen LogP contribution in [0.2, 0.25) is 0 Å². The van der Waals surface area contributed by atoms with Crippen LogP contribution in [0.25, 0.3) is 0 Å². The summed E-state index contributed by atoms with van der Waals surface area (Å²) in [5.74, 6) is -7.56. The number of Topliss-reactive ketones (excluding diaryl/α,β-unsaturated/α-hetero) is 2. The SMILES string of the molecule is CCOC(=O)C(=O)[C@@H]1[C@H]2Oc3ccc(F)cc3C(=O)[C@@H]2C[C@@]2(C(=O)N(C(=O)OC(C)(C)C)c3ccccc32)[C@H]1c1ccccc1. The monoisotopic (exact) mass is 613 g/mol. The maximum atomic E-state index is 15.0. The zero-order valence-electron chi connectivity index (χ0n) is 25.2. The third-order valence-corrected chi connectivity index (χ3v) is 8.71. The molecule has 0 saturated heterocycles. The molecule has 2 amide bonds. The van der Waals surface area contributed by atoms with Gasteiger partial charge in [-0.2, -0.15) is 0 Å². The van der Waals surface area contributed by atoms with Gasteiger partial charge in [-0.05, 0) is 69.5 Å². The molecule has 9 nitrogen and oxygen atoms in total. The van der Waals surface area contributed by atoms with Crippen LogP contribution in [0, 0.1) is 17.7 Å². The predicted octanol–water partition coefficient (Wildman–Crippen LogP) is 5.54. The normalized spacial score (nSPS) is 25.1. The van der Waals surface area contributed by atoms with Crippen molar-refractivity contribution in [1.82, 2.24) is 0 Å². The first-order valence-electron chi connectivity index (χ1n) is 14.8. The quantitative estimate of drug-likeness (QED) is 0.278.